The van der Waals surface area contributed by atoms with Crippen molar-refractivity contribution in [2.24, 2.45) is 5.41 Å². The molecule has 1 heterocycles. The number of rotatable bonds is 8. The van der Waals surface area contributed by atoms with Crippen LogP contribution in [0.3, 0.4) is 0 Å². The minimum absolute atomic E-state index is 0.193. The third kappa shape index (κ3) is 5.39. The number of esters is 1. The molecule has 0 N–H and O–H groups in total. The van der Waals surface area contributed by atoms with Crippen LogP contribution in [0.25, 0.3) is 0 Å². The van der Waals surface area contributed by atoms with Crippen molar-refractivity contribution < 1.29 is 23.7 Å². The Morgan fingerprint density at radius 1 is 0.974 bits per heavy atom. The zero-order valence-corrected chi connectivity index (χ0v) is 22.1. The number of carbonyl (C=O) groups excluding carboxylic acids is 1. The molecule has 6 nitrogen and oxygen atoms in total. The number of benzene rings is 3. The van der Waals surface area contributed by atoms with Gasteiger partial charge < -0.3 is 18.9 Å². The first-order valence-corrected chi connectivity index (χ1v) is 13.2. The van der Waals surface area contributed by atoms with Gasteiger partial charge in [-0.15, -0.1) is 0 Å². The number of nitrogens with zero attached hydrogens (tertiary/aromatic N) is 1. The topological polar surface area (TPSA) is 77.8 Å². The van der Waals surface area contributed by atoms with Gasteiger partial charge >= 0.3 is 5.97 Å². The Morgan fingerprint density at radius 2 is 1.63 bits per heavy atom. The van der Waals surface area contributed by atoms with Gasteiger partial charge in [0.1, 0.15) is 30.3 Å². The average Bonchev–Trinajstić information content (AvgIpc) is 3.51. The first kappa shape index (κ1) is 25.8. The third-order valence-corrected chi connectivity index (χ3v) is 7.41. The molecule has 4 atom stereocenters. The second-order valence-corrected chi connectivity index (χ2v) is 10.3. The van der Waals surface area contributed by atoms with E-state index in [1.807, 2.05) is 74.5 Å². The molecule has 1 saturated heterocycles. The molecule has 0 saturated carbocycles. The normalized spacial score (nSPS) is 23.9. The van der Waals surface area contributed by atoms with Gasteiger partial charge in [-0.1, -0.05) is 53.6 Å². The van der Waals surface area contributed by atoms with Crippen molar-refractivity contribution in [1.82, 2.24) is 0 Å². The number of fused-ring (bicyclic) bond motifs is 1. The maximum Gasteiger partial charge on any atom is 0.327 e. The molecule has 1 aliphatic carbocycles. The lowest BCUT2D eigenvalue weighted by atomic mass is 9.86. The minimum atomic E-state index is -1.16. The molecule has 196 valence electrons. The molecule has 5 rings (SSSR count). The van der Waals surface area contributed by atoms with Crippen LogP contribution < -0.4 is 9.47 Å². The van der Waals surface area contributed by atoms with E-state index >= 15 is 0 Å². The second-order valence-electron chi connectivity index (χ2n) is 10.3. The Kier molecular flexibility index (Phi) is 7.40. The highest BCUT2D eigenvalue weighted by molar-refractivity contribution is 5.82. The molecule has 0 radical (unpaired) electrons. The quantitative estimate of drug-likeness (QED) is 0.354. The predicted molar refractivity (Wildman–Crippen MR) is 143 cm³/mol. The summed E-state index contributed by atoms with van der Waals surface area (Å²) in [6.07, 6.45) is 0.724. The molecule has 2 aliphatic rings. The van der Waals surface area contributed by atoms with Crippen molar-refractivity contribution in [3.05, 3.63) is 94.5 Å². The lowest BCUT2D eigenvalue weighted by Crippen LogP contribution is -2.32. The number of nitriles is 1. The van der Waals surface area contributed by atoms with Gasteiger partial charge in [0.2, 0.25) is 0 Å². The molecular weight excluding hydrogens is 478 g/mol. The van der Waals surface area contributed by atoms with E-state index in [0.29, 0.717) is 25.9 Å². The standard InChI is InChI=1S/C32H33NO5/c1-4-35-31(34)32(20-33)17-24-10-9-23(15-25(24)18-32)28-16-29(37-27-13-7-22(3)8-14-27)30(38-28)19-36-26-11-5-21(2)6-12-26/h5-15,28-30H,4,16-19H2,1-3H3/t28?,29-,30+,32?/m0/s1. The van der Waals surface area contributed by atoms with Crippen LogP contribution in [-0.2, 0) is 27.1 Å². The van der Waals surface area contributed by atoms with E-state index in [-0.39, 0.29) is 24.9 Å². The van der Waals surface area contributed by atoms with Crippen LogP contribution in [0.1, 0.15) is 47.3 Å². The van der Waals surface area contributed by atoms with Crippen LogP contribution in [0.5, 0.6) is 11.5 Å². The largest absolute Gasteiger partial charge is 0.491 e. The lowest BCUT2D eigenvalue weighted by Gasteiger charge is -2.20. The van der Waals surface area contributed by atoms with Crippen LogP contribution in [0.15, 0.2) is 66.7 Å². The Bertz CT molecular complexity index is 1330. The summed E-state index contributed by atoms with van der Waals surface area (Å²) in [4.78, 5) is 12.6. The Hall–Kier alpha value is -3.82. The second kappa shape index (κ2) is 10.9. The summed E-state index contributed by atoms with van der Waals surface area (Å²) >= 11 is 0. The van der Waals surface area contributed by atoms with Crippen molar-refractivity contribution in [3.8, 4) is 17.6 Å². The van der Waals surface area contributed by atoms with E-state index < -0.39 is 11.4 Å². The molecule has 3 aromatic rings. The molecule has 0 spiro atoms. The van der Waals surface area contributed by atoms with Gasteiger partial charge in [0.15, 0.2) is 5.41 Å². The van der Waals surface area contributed by atoms with Crippen LogP contribution in [0.4, 0.5) is 0 Å². The summed E-state index contributed by atoms with van der Waals surface area (Å²) in [7, 11) is 0. The zero-order chi connectivity index (χ0) is 26.7. The molecule has 3 aromatic carbocycles. The fourth-order valence-electron chi connectivity index (χ4n) is 5.24. The summed E-state index contributed by atoms with van der Waals surface area (Å²) in [5.74, 6) is 1.14. The minimum Gasteiger partial charge on any atom is -0.491 e. The first-order chi connectivity index (χ1) is 18.4. The fourth-order valence-corrected chi connectivity index (χ4v) is 5.24. The molecule has 0 amide bonds. The van der Waals surface area contributed by atoms with Gasteiger partial charge in [0, 0.05) is 19.3 Å². The highest BCUT2D eigenvalue weighted by Crippen LogP contribution is 2.41. The summed E-state index contributed by atoms with van der Waals surface area (Å²) in [5, 5.41) is 9.86. The first-order valence-electron chi connectivity index (χ1n) is 13.2. The van der Waals surface area contributed by atoms with Gasteiger partial charge in [-0.25, -0.2) is 0 Å². The number of hydrogen-bond donors (Lipinski definition) is 0. The van der Waals surface area contributed by atoms with E-state index in [4.69, 9.17) is 18.9 Å². The SMILES string of the molecule is CCOC(=O)C1(C#N)Cc2ccc(C3C[C@H](Oc4ccc(C)cc4)[C@@H](COc4ccc(C)cc4)O3)cc2C1. The van der Waals surface area contributed by atoms with Crippen LogP contribution >= 0.6 is 0 Å². The molecule has 6 heteroatoms. The average molecular weight is 512 g/mol. The Labute approximate surface area is 224 Å². The van der Waals surface area contributed by atoms with Gasteiger partial charge in [-0.2, -0.15) is 5.26 Å². The predicted octanol–water partition coefficient (Wildman–Crippen LogP) is 5.83. The molecule has 38 heavy (non-hydrogen) atoms. The molecule has 0 bridgehead atoms. The molecule has 1 fully saturated rings. The monoisotopic (exact) mass is 511 g/mol. The maximum atomic E-state index is 12.6. The number of carbonyl (C=O) groups is 1. The van der Waals surface area contributed by atoms with Crippen LogP contribution in [-0.4, -0.2) is 31.4 Å². The third-order valence-electron chi connectivity index (χ3n) is 7.41. The lowest BCUT2D eigenvalue weighted by molar-refractivity contribution is -0.151. The summed E-state index contributed by atoms with van der Waals surface area (Å²) in [6, 6.07) is 24.4. The van der Waals surface area contributed by atoms with Gasteiger partial charge in [-0.05, 0) is 61.7 Å². The number of ether oxygens (including phenoxy) is 4. The van der Waals surface area contributed by atoms with E-state index in [2.05, 4.69) is 12.1 Å². The summed E-state index contributed by atoms with van der Waals surface area (Å²) in [5.41, 5.74) is 4.21. The molecular formula is C32H33NO5. The molecule has 1 aliphatic heterocycles. The van der Waals surface area contributed by atoms with Crippen molar-refractivity contribution >= 4 is 5.97 Å². The van der Waals surface area contributed by atoms with Crippen LogP contribution in [0, 0.1) is 30.6 Å². The van der Waals surface area contributed by atoms with E-state index in [9.17, 15) is 10.1 Å². The van der Waals surface area contributed by atoms with Gasteiger partial charge in [-0.3, -0.25) is 4.79 Å². The van der Waals surface area contributed by atoms with Gasteiger partial charge in [0.25, 0.3) is 0 Å². The summed E-state index contributed by atoms with van der Waals surface area (Å²) < 4.78 is 24.2. The van der Waals surface area contributed by atoms with E-state index in [1.165, 1.54) is 11.1 Å². The van der Waals surface area contributed by atoms with Crippen molar-refractivity contribution in [3.63, 3.8) is 0 Å². The fraction of sp³-hybridized carbons (Fsp3) is 0.375. The highest BCUT2D eigenvalue weighted by atomic mass is 16.6. The van der Waals surface area contributed by atoms with Crippen LogP contribution in [0.2, 0.25) is 0 Å². The van der Waals surface area contributed by atoms with E-state index in [1.54, 1.807) is 6.92 Å². The zero-order valence-electron chi connectivity index (χ0n) is 22.1. The van der Waals surface area contributed by atoms with Crippen molar-refractivity contribution in [1.29, 1.82) is 5.26 Å². The number of aryl methyl sites for hydroxylation is 2. The van der Waals surface area contributed by atoms with Gasteiger partial charge in [0.05, 0.1) is 18.8 Å². The maximum absolute atomic E-state index is 12.6. The molecule has 2 unspecified atom stereocenters. The molecule has 0 aromatic heterocycles. The van der Waals surface area contributed by atoms with Crippen molar-refractivity contribution in [2.75, 3.05) is 13.2 Å². The highest BCUT2D eigenvalue weighted by Gasteiger charge is 2.46. The van der Waals surface area contributed by atoms with E-state index in [0.717, 1.165) is 28.2 Å². The Morgan fingerprint density at radius 3 is 2.29 bits per heavy atom. The summed E-state index contributed by atoms with van der Waals surface area (Å²) in [6.45, 7) is 6.47. The Balaban J connectivity index is 1.34. The smallest absolute Gasteiger partial charge is 0.327 e. The van der Waals surface area contributed by atoms with Crippen molar-refractivity contribution in [2.45, 2.75) is 58.3 Å². The number of hydrogen-bond acceptors (Lipinski definition) is 6.